The van der Waals surface area contributed by atoms with Crippen molar-refractivity contribution in [1.29, 1.82) is 0 Å². The smallest absolute Gasteiger partial charge is 0.338 e. The molecular formula is C42H40O4Si5. The summed E-state index contributed by atoms with van der Waals surface area (Å²) < 4.78 is 29.5. The molecule has 2 atom stereocenters. The van der Waals surface area contributed by atoms with Crippen molar-refractivity contribution in [3.05, 3.63) is 212 Å². The standard InChI is InChI=1S/C42H40O4Si5/c1-8-22-36(23-9-1)47(37-24-10-2-11-25-37)43-49(40-30-16-5-17-31-40)45-51(42-34-20-7-21-35-42)46-50(41-32-18-6-19-33-41)44-48(38-26-12-3-13-27-38)39-28-14-4-15-29-39/h1-35,47-51H. The molecule has 0 saturated carbocycles. The molecule has 0 fully saturated rings. The van der Waals surface area contributed by atoms with Crippen molar-refractivity contribution < 1.29 is 16.5 Å². The van der Waals surface area contributed by atoms with Crippen LogP contribution >= 0.6 is 0 Å². The third-order valence-electron chi connectivity index (χ3n) is 8.64. The van der Waals surface area contributed by atoms with Crippen molar-refractivity contribution in [1.82, 2.24) is 0 Å². The van der Waals surface area contributed by atoms with Gasteiger partial charge >= 0.3 is 27.9 Å². The highest BCUT2D eigenvalue weighted by Crippen LogP contribution is 2.08. The zero-order chi connectivity index (χ0) is 34.5. The van der Waals surface area contributed by atoms with Crippen molar-refractivity contribution in [2.24, 2.45) is 0 Å². The summed E-state index contributed by atoms with van der Waals surface area (Å²) >= 11 is 0. The van der Waals surface area contributed by atoms with E-state index in [0.717, 1.165) is 15.6 Å². The summed E-state index contributed by atoms with van der Waals surface area (Å²) in [5.41, 5.74) is 0. The summed E-state index contributed by atoms with van der Waals surface area (Å²) in [4.78, 5) is 0. The van der Waals surface area contributed by atoms with E-state index in [0.29, 0.717) is 0 Å². The van der Waals surface area contributed by atoms with E-state index in [1.807, 2.05) is 18.2 Å². The molecule has 0 aliphatic rings. The van der Waals surface area contributed by atoms with Gasteiger partial charge in [0.1, 0.15) is 0 Å². The van der Waals surface area contributed by atoms with Gasteiger partial charge in [-0.2, -0.15) is 0 Å². The van der Waals surface area contributed by atoms with Crippen molar-refractivity contribution >= 4 is 82.2 Å². The molecule has 7 aromatic rings. The second-order valence-corrected chi connectivity index (χ2v) is 24.7. The number of hydrogen-bond donors (Lipinski definition) is 0. The van der Waals surface area contributed by atoms with Crippen LogP contribution in [0.5, 0.6) is 0 Å². The molecule has 0 heterocycles. The molecule has 0 aliphatic carbocycles. The van der Waals surface area contributed by atoms with Crippen LogP contribution in [0.4, 0.5) is 0 Å². The first-order valence-corrected chi connectivity index (χ1v) is 25.1. The minimum Gasteiger partial charge on any atom is -0.430 e. The second-order valence-electron chi connectivity index (χ2n) is 12.2. The first-order chi connectivity index (χ1) is 25.3. The molecule has 2 unspecified atom stereocenters. The van der Waals surface area contributed by atoms with Crippen molar-refractivity contribution in [3.63, 3.8) is 0 Å². The Hall–Kier alpha value is -4.54. The lowest BCUT2D eigenvalue weighted by molar-refractivity contribution is 0.370. The molecule has 0 amide bonds. The topological polar surface area (TPSA) is 36.9 Å². The monoisotopic (exact) mass is 748 g/mol. The molecule has 7 rings (SSSR count). The van der Waals surface area contributed by atoms with Crippen LogP contribution in [0.3, 0.4) is 0 Å². The van der Waals surface area contributed by atoms with Crippen LogP contribution in [0.25, 0.3) is 0 Å². The summed E-state index contributed by atoms with van der Waals surface area (Å²) in [6.45, 7) is 0. The molecule has 0 aliphatic heterocycles. The van der Waals surface area contributed by atoms with E-state index in [1.54, 1.807) is 0 Å². The molecule has 51 heavy (non-hydrogen) atoms. The van der Waals surface area contributed by atoms with Gasteiger partial charge in [0.25, 0.3) is 0 Å². The Bertz CT molecular complexity index is 1810. The van der Waals surface area contributed by atoms with Gasteiger partial charge in [-0.15, -0.1) is 0 Å². The zero-order valence-corrected chi connectivity index (χ0v) is 34.0. The van der Waals surface area contributed by atoms with Crippen LogP contribution in [0.15, 0.2) is 212 Å². The van der Waals surface area contributed by atoms with Gasteiger partial charge in [-0.05, 0) is 36.3 Å². The lowest BCUT2D eigenvalue weighted by Gasteiger charge is -2.31. The highest BCUT2D eigenvalue weighted by atomic mass is 28.4. The van der Waals surface area contributed by atoms with Crippen LogP contribution in [0, 0.1) is 0 Å². The molecule has 4 nitrogen and oxygen atoms in total. The lowest BCUT2D eigenvalue weighted by Crippen LogP contribution is -2.59. The van der Waals surface area contributed by atoms with Gasteiger partial charge < -0.3 is 16.5 Å². The Morgan fingerprint density at radius 3 is 0.588 bits per heavy atom. The third-order valence-corrected chi connectivity index (χ3v) is 23.5. The maximum atomic E-state index is 7.38. The zero-order valence-electron chi connectivity index (χ0n) is 28.2. The van der Waals surface area contributed by atoms with Gasteiger partial charge in [0.15, 0.2) is 0 Å². The number of rotatable bonds is 15. The minimum atomic E-state index is -2.62. The Kier molecular flexibility index (Phi) is 12.4. The molecule has 7 aromatic carbocycles. The fraction of sp³-hybridized carbons (Fsp3) is 0. The normalized spacial score (nSPS) is 13.1. The van der Waals surface area contributed by atoms with Crippen molar-refractivity contribution in [3.8, 4) is 0 Å². The van der Waals surface area contributed by atoms with E-state index in [-0.39, 0.29) is 0 Å². The lowest BCUT2D eigenvalue weighted by atomic mass is 10.4. The highest BCUT2D eigenvalue weighted by Gasteiger charge is 2.34. The first kappa shape index (κ1) is 34.9. The van der Waals surface area contributed by atoms with E-state index in [1.165, 1.54) is 20.7 Å². The van der Waals surface area contributed by atoms with E-state index in [9.17, 15) is 0 Å². The Balaban J connectivity index is 1.28. The Morgan fingerprint density at radius 1 is 0.196 bits per heavy atom. The maximum absolute atomic E-state index is 7.38. The van der Waals surface area contributed by atoms with Gasteiger partial charge in [0, 0.05) is 0 Å². The first-order valence-electron chi connectivity index (χ1n) is 17.3. The summed E-state index contributed by atoms with van der Waals surface area (Å²) in [6, 6.07) is 73.9. The van der Waals surface area contributed by atoms with Gasteiger partial charge in [0.05, 0.1) is 0 Å². The van der Waals surface area contributed by atoms with Gasteiger partial charge in [0.2, 0.25) is 18.1 Å². The van der Waals surface area contributed by atoms with E-state index in [2.05, 4.69) is 194 Å². The predicted octanol–water partition coefficient (Wildman–Crippen LogP) is 2.51. The predicted molar refractivity (Wildman–Crippen MR) is 223 cm³/mol. The van der Waals surface area contributed by atoms with Gasteiger partial charge in [-0.25, -0.2) is 0 Å². The van der Waals surface area contributed by atoms with Gasteiger partial charge in [-0.3, -0.25) is 0 Å². The van der Waals surface area contributed by atoms with Crippen molar-refractivity contribution in [2.75, 3.05) is 0 Å². The van der Waals surface area contributed by atoms with Crippen molar-refractivity contribution in [2.45, 2.75) is 0 Å². The Labute approximate surface area is 309 Å². The summed E-state index contributed by atoms with van der Waals surface area (Å²) in [5, 5.41) is 8.15. The fourth-order valence-electron chi connectivity index (χ4n) is 6.08. The van der Waals surface area contributed by atoms with Crippen LogP contribution < -0.4 is 36.3 Å². The fourth-order valence-corrected chi connectivity index (χ4v) is 23.3. The molecule has 9 heteroatoms. The molecule has 0 saturated heterocycles. The molecule has 0 aromatic heterocycles. The molecule has 0 spiro atoms. The molecule has 0 bridgehead atoms. The molecular weight excluding hydrogens is 709 g/mol. The molecule has 252 valence electrons. The highest BCUT2D eigenvalue weighted by molar-refractivity contribution is 6.90. The van der Waals surface area contributed by atoms with Crippen LogP contribution in [-0.2, 0) is 16.5 Å². The minimum absolute atomic E-state index is 1.07. The molecule has 0 N–H and O–H groups in total. The third kappa shape index (κ3) is 9.42. The second kappa shape index (κ2) is 18.1. The van der Waals surface area contributed by atoms with Crippen LogP contribution in [0.1, 0.15) is 0 Å². The quantitative estimate of drug-likeness (QED) is 0.151. The summed E-state index contributed by atoms with van der Waals surface area (Å²) in [6.07, 6.45) is 0. The number of hydrogen-bond acceptors (Lipinski definition) is 4. The van der Waals surface area contributed by atoms with Crippen LogP contribution in [0.2, 0.25) is 0 Å². The van der Waals surface area contributed by atoms with E-state index in [4.69, 9.17) is 16.5 Å². The van der Waals surface area contributed by atoms with Crippen LogP contribution in [-0.4, -0.2) is 45.9 Å². The SMILES string of the molecule is c1ccc([SiH](O[SiH](O[SiH](c2ccccc2)c2ccccc2)c2ccccc2)O[SiH](O[SiH](c2ccccc2)c2ccccc2)c2ccccc2)cc1. The van der Waals surface area contributed by atoms with E-state index < -0.39 is 45.9 Å². The summed E-state index contributed by atoms with van der Waals surface area (Å²) in [5.74, 6) is 0. The summed E-state index contributed by atoms with van der Waals surface area (Å²) in [7, 11) is -12.0. The maximum Gasteiger partial charge on any atom is 0.338 e. The number of benzene rings is 7. The largest absolute Gasteiger partial charge is 0.430 e. The average molecular weight is 749 g/mol. The Morgan fingerprint density at radius 2 is 0.373 bits per heavy atom. The molecule has 0 radical (unpaired) electrons. The van der Waals surface area contributed by atoms with E-state index >= 15 is 0 Å². The average Bonchev–Trinajstić information content (AvgIpc) is 3.22. The van der Waals surface area contributed by atoms with Gasteiger partial charge in [-0.1, -0.05) is 212 Å².